The molecule has 1 aromatic heterocycles. The van der Waals surface area contributed by atoms with Gasteiger partial charge in [0.2, 0.25) is 5.91 Å². The average Bonchev–Trinajstić information content (AvgIpc) is 3.13. The minimum absolute atomic E-state index is 0.0380. The minimum atomic E-state index is -4.48. The molecule has 1 aliphatic heterocycles. The van der Waals surface area contributed by atoms with Crippen molar-refractivity contribution in [3.8, 4) is 0 Å². The third-order valence-electron chi connectivity index (χ3n) is 5.74. The van der Waals surface area contributed by atoms with E-state index in [0.29, 0.717) is 24.0 Å². The third kappa shape index (κ3) is 4.67. The summed E-state index contributed by atoms with van der Waals surface area (Å²) in [6.45, 7) is 1.45. The Bertz CT molecular complexity index is 1230. The second-order valence-electron chi connectivity index (χ2n) is 8.03. The van der Waals surface area contributed by atoms with Gasteiger partial charge in [-0.3, -0.25) is 4.79 Å². The zero-order valence-corrected chi connectivity index (χ0v) is 18.1. The standard InChI is InChI=1S/C23H23F3N2O3S/c24-23(25,26)18-10-8-17(9-11-18)16-32(30,31)21-14-28(20-7-3-2-6-19(20)21)15-22(29)27-12-4-1-5-13-27/h2-3,6-11,14H,1,4-5,12-13,15-16H2. The van der Waals surface area contributed by atoms with Crippen molar-refractivity contribution in [2.24, 2.45) is 0 Å². The van der Waals surface area contributed by atoms with Crippen LogP contribution in [0.15, 0.2) is 59.6 Å². The molecule has 0 unspecified atom stereocenters. The second kappa shape index (κ2) is 8.61. The Morgan fingerprint density at radius 2 is 1.59 bits per heavy atom. The molecule has 4 rings (SSSR count). The highest BCUT2D eigenvalue weighted by Crippen LogP contribution is 2.31. The molecule has 0 radical (unpaired) electrons. The number of benzene rings is 2. The first-order chi connectivity index (χ1) is 15.1. The molecular weight excluding hydrogens is 441 g/mol. The van der Waals surface area contributed by atoms with Crippen LogP contribution in [0.25, 0.3) is 10.9 Å². The van der Waals surface area contributed by atoms with Crippen molar-refractivity contribution in [1.29, 1.82) is 0 Å². The molecule has 0 N–H and O–H groups in total. The van der Waals surface area contributed by atoms with Gasteiger partial charge in [-0.25, -0.2) is 8.42 Å². The van der Waals surface area contributed by atoms with Crippen LogP contribution in [0.4, 0.5) is 13.2 Å². The summed E-state index contributed by atoms with van der Waals surface area (Å²) in [4.78, 5) is 14.6. The Labute approximate surface area is 184 Å². The summed E-state index contributed by atoms with van der Waals surface area (Å²) in [7, 11) is -3.86. The maximum Gasteiger partial charge on any atom is 0.416 e. The van der Waals surface area contributed by atoms with Gasteiger partial charge in [0.15, 0.2) is 9.84 Å². The van der Waals surface area contributed by atoms with E-state index in [9.17, 15) is 26.4 Å². The zero-order chi connectivity index (χ0) is 22.9. The Kier molecular flexibility index (Phi) is 6.03. The SMILES string of the molecule is O=C(Cn1cc(S(=O)(=O)Cc2ccc(C(F)(F)F)cc2)c2ccccc21)N1CCCCC1. The lowest BCUT2D eigenvalue weighted by atomic mass is 10.1. The van der Waals surface area contributed by atoms with E-state index in [1.54, 1.807) is 33.7 Å². The van der Waals surface area contributed by atoms with Gasteiger partial charge in [0.1, 0.15) is 6.54 Å². The van der Waals surface area contributed by atoms with Crippen molar-refractivity contribution in [2.75, 3.05) is 13.1 Å². The van der Waals surface area contributed by atoms with Gasteiger partial charge in [-0.2, -0.15) is 13.2 Å². The van der Waals surface area contributed by atoms with Crippen molar-refractivity contribution in [3.63, 3.8) is 0 Å². The first-order valence-electron chi connectivity index (χ1n) is 10.4. The number of rotatable bonds is 5. The number of para-hydroxylation sites is 1. The van der Waals surface area contributed by atoms with Gasteiger partial charge in [-0.05, 0) is 43.0 Å². The lowest BCUT2D eigenvalue weighted by Crippen LogP contribution is -2.37. The van der Waals surface area contributed by atoms with Crippen LogP contribution in [0.5, 0.6) is 0 Å². The number of amides is 1. The van der Waals surface area contributed by atoms with E-state index in [1.165, 1.54) is 18.3 Å². The smallest absolute Gasteiger partial charge is 0.341 e. The number of carbonyl (C=O) groups excluding carboxylic acids is 1. The fraction of sp³-hybridized carbons (Fsp3) is 0.348. The van der Waals surface area contributed by atoms with Gasteiger partial charge in [-0.1, -0.05) is 30.3 Å². The van der Waals surface area contributed by atoms with E-state index in [2.05, 4.69) is 0 Å². The summed E-state index contributed by atoms with van der Waals surface area (Å²) in [5, 5.41) is 0.492. The molecule has 32 heavy (non-hydrogen) atoms. The second-order valence-corrected chi connectivity index (χ2v) is 9.99. The number of hydrogen-bond donors (Lipinski definition) is 0. The highest BCUT2D eigenvalue weighted by Gasteiger charge is 2.30. The van der Waals surface area contributed by atoms with Gasteiger partial charge in [0.25, 0.3) is 0 Å². The number of nitrogens with zero attached hydrogens (tertiary/aromatic N) is 2. The number of likely N-dealkylation sites (tertiary alicyclic amines) is 1. The van der Waals surface area contributed by atoms with Gasteiger partial charge in [0, 0.05) is 30.2 Å². The molecule has 5 nitrogen and oxygen atoms in total. The summed E-state index contributed by atoms with van der Waals surface area (Å²) in [6, 6.07) is 11.1. The van der Waals surface area contributed by atoms with Gasteiger partial charge >= 0.3 is 6.18 Å². The van der Waals surface area contributed by atoms with Gasteiger partial charge in [-0.15, -0.1) is 0 Å². The Hall–Kier alpha value is -2.81. The summed E-state index contributed by atoms with van der Waals surface area (Å²) in [5.74, 6) is -0.490. The summed E-state index contributed by atoms with van der Waals surface area (Å²) in [5.41, 5.74) is 0.0644. The molecular formula is C23H23F3N2O3S. The molecule has 1 aliphatic rings. The Morgan fingerprint density at radius 3 is 2.25 bits per heavy atom. The minimum Gasteiger partial charge on any atom is -0.341 e. The van der Waals surface area contributed by atoms with Crippen LogP contribution in [-0.4, -0.2) is 36.9 Å². The lowest BCUT2D eigenvalue weighted by molar-refractivity contribution is -0.137. The molecule has 2 aromatic carbocycles. The largest absolute Gasteiger partial charge is 0.416 e. The molecule has 0 atom stereocenters. The monoisotopic (exact) mass is 464 g/mol. The van der Waals surface area contributed by atoms with Crippen LogP contribution in [0.1, 0.15) is 30.4 Å². The fourth-order valence-corrected chi connectivity index (χ4v) is 5.65. The molecule has 1 amide bonds. The van der Waals surface area contributed by atoms with Crippen LogP contribution >= 0.6 is 0 Å². The van der Waals surface area contributed by atoms with Crippen LogP contribution in [0.2, 0.25) is 0 Å². The number of fused-ring (bicyclic) bond motifs is 1. The summed E-state index contributed by atoms with van der Waals surface area (Å²) >= 11 is 0. The number of halogens is 3. The van der Waals surface area contributed by atoms with Crippen molar-refractivity contribution in [2.45, 2.75) is 42.6 Å². The number of sulfone groups is 1. The Balaban J connectivity index is 1.62. The number of aromatic nitrogens is 1. The van der Waals surface area contributed by atoms with Crippen LogP contribution in [0.3, 0.4) is 0 Å². The molecule has 1 fully saturated rings. The number of carbonyl (C=O) groups is 1. The predicted octanol–water partition coefficient (Wildman–Crippen LogP) is 4.65. The number of alkyl halides is 3. The maximum absolute atomic E-state index is 13.2. The molecule has 0 bridgehead atoms. The van der Waals surface area contributed by atoms with Crippen LogP contribution in [0, 0.1) is 0 Å². The molecule has 0 saturated carbocycles. The third-order valence-corrected chi connectivity index (χ3v) is 7.45. The summed E-state index contributed by atoms with van der Waals surface area (Å²) in [6.07, 6.45) is 0.00999. The van der Waals surface area contributed by atoms with E-state index in [1.807, 2.05) is 0 Å². The van der Waals surface area contributed by atoms with Crippen molar-refractivity contribution in [1.82, 2.24) is 9.47 Å². The molecule has 170 valence electrons. The molecule has 0 aliphatic carbocycles. The van der Waals surface area contributed by atoms with Gasteiger partial charge in [0.05, 0.1) is 16.2 Å². The van der Waals surface area contributed by atoms with Crippen molar-refractivity contribution >= 4 is 26.6 Å². The first-order valence-corrected chi connectivity index (χ1v) is 12.0. The summed E-state index contributed by atoms with van der Waals surface area (Å²) < 4.78 is 66.3. The molecule has 0 spiro atoms. The van der Waals surface area contributed by atoms with Crippen LogP contribution < -0.4 is 0 Å². The zero-order valence-electron chi connectivity index (χ0n) is 17.3. The fourth-order valence-electron chi connectivity index (χ4n) is 4.07. The Morgan fingerprint density at radius 1 is 0.938 bits per heavy atom. The topological polar surface area (TPSA) is 59.4 Å². The number of hydrogen-bond acceptors (Lipinski definition) is 3. The number of piperidine rings is 1. The maximum atomic E-state index is 13.2. The molecule has 9 heteroatoms. The molecule has 2 heterocycles. The first kappa shape index (κ1) is 22.4. The average molecular weight is 465 g/mol. The molecule has 3 aromatic rings. The lowest BCUT2D eigenvalue weighted by Gasteiger charge is -2.27. The van der Waals surface area contributed by atoms with Crippen LogP contribution in [-0.2, 0) is 33.1 Å². The highest BCUT2D eigenvalue weighted by molar-refractivity contribution is 7.90. The van der Waals surface area contributed by atoms with E-state index in [0.717, 1.165) is 31.4 Å². The van der Waals surface area contributed by atoms with E-state index in [4.69, 9.17) is 0 Å². The van der Waals surface area contributed by atoms with E-state index >= 15 is 0 Å². The quantitative estimate of drug-likeness (QED) is 0.553. The van der Waals surface area contributed by atoms with Gasteiger partial charge < -0.3 is 9.47 Å². The van der Waals surface area contributed by atoms with E-state index < -0.39 is 27.3 Å². The normalized spacial score (nSPS) is 15.3. The van der Waals surface area contributed by atoms with E-state index in [-0.39, 0.29) is 22.9 Å². The van der Waals surface area contributed by atoms with Crippen molar-refractivity contribution in [3.05, 3.63) is 65.9 Å². The molecule has 1 saturated heterocycles. The highest BCUT2D eigenvalue weighted by atomic mass is 32.2. The predicted molar refractivity (Wildman–Crippen MR) is 115 cm³/mol. The van der Waals surface area contributed by atoms with Crippen molar-refractivity contribution < 1.29 is 26.4 Å².